The molecule has 0 bridgehead atoms. The Balaban J connectivity index is 1.62. The highest BCUT2D eigenvalue weighted by Crippen LogP contribution is 2.16. The van der Waals surface area contributed by atoms with Crippen LogP contribution in [-0.4, -0.2) is 20.8 Å². The van der Waals surface area contributed by atoms with Crippen LogP contribution in [0.1, 0.15) is 23.6 Å². The maximum absolute atomic E-state index is 12.4. The zero-order chi connectivity index (χ0) is 17.5. The number of carbonyl (C=O) groups is 1. The molecule has 128 valence electrons. The van der Waals surface area contributed by atoms with Crippen molar-refractivity contribution in [3.05, 3.63) is 84.2 Å². The molecule has 0 aliphatic carbocycles. The van der Waals surface area contributed by atoms with E-state index in [4.69, 9.17) is 0 Å². The number of aromatic nitrogens is 2. The summed E-state index contributed by atoms with van der Waals surface area (Å²) >= 11 is 0. The Morgan fingerprint density at radius 1 is 1.08 bits per heavy atom. The fraction of sp³-hybridized carbons (Fsp3) is 0.200. The second-order valence-electron chi connectivity index (χ2n) is 5.93. The van der Waals surface area contributed by atoms with Gasteiger partial charge in [-0.15, -0.1) is 0 Å². The molecule has 0 aliphatic heterocycles. The van der Waals surface area contributed by atoms with E-state index in [1.54, 1.807) is 18.3 Å². The van der Waals surface area contributed by atoms with E-state index in [-0.39, 0.29) is 17.7 Å². The Kier molecular flexibility index (Phi) is 5.46. The van der Waals surface area contributed by atoms with Crippen LogP contribution < -0.4 is 5.32 Å². The van der Waals surface area contributed by atoms with E-state index >= 15 is 0 Å². The van der Waals surface area contributed by atoms with Gasteiger partial charge in [0.15, 0.2) is 0 Å². The standard InChI is InChI=1S/C20H21N3O2/c24-18-10-7-16(8-11-18)9-12-20(25)22-19(15-23-14-4-13-21-23)17-5-2-1-3-6-17/h1-8,10-11,13-14,19,24H,9,12,15H2,(H,22,25). The van der Waals surface area contributed by atoms with Gasteiger partial charge in [0, 0.05) is 18.8 Å². The lowest BCUT2D eigenvalue weighted by molar-refractivity contribution is -0.121. The molecule has 0 saturated heterocycles. The average molecular weight is 335 g/mol. The van der Waals surface area contributed by atoms with Crippen LogP contribution in [0.25, 0.3) is 0 Å². The van der Waals surface area contributed by atoms with Gasteiger partial charge >= 0.3 is 0 Å². The average Bonchev–Trinajstić information content (AvgIpc) is 3.15. The summed E-state index contributed by atoms with van der Waals surface area (Å²) in [4.78, 5) is 12.4. The normalized spacial score (nSPS) is 11.8. The van der Waals surface area contributed by atoms with Crippen LogP contribution in [0.2, 0.25) is 0 Å². The SMILES string of the molecule is O=C(CCc1ccc(O)cc1)NC(Cn1cccn1)c1ccccc1. The largest absolute Gasteiger partial charge is 0.508 e. The Hall–Kier alpha value is -3.08. The number of carbonyl (C=O) groups excluding carboxylic acids is 1. The number of phenolic OH excluding ortho intramolecular Hbond substituents is 1. The number of aryl methyl sites for hydroxylation is 1. The van der Waals surface area contributed by atoms with Gasteiger partial charge < -0.3 is 10.4 Å². The van der Waals surface area contributed by atoms with Crippen molar-refractivity contribution in [2.45, 2.75) is 25.4 Å². The fourth-order valence-electron chi connectivity index (χ4n) is 2.70. The van der Waals surface area contributed by atoms with Gasteiger partial charge in [0.05, 0.1) is 12.6 Å². The Bertz CT molecular complexity index is 784. The van der Waals surface area contributed by atoms with Gasteiger partial charge in [-0.3, -0.25) is 9.48 Å². The maximum Gasteiger partial charge on any atom is 0.220 e. The Labute approximate surface area is 146 Å². The minimum atomic E-state index is -0.131. The minimum absolute atomic E-state index is 0.00548. The quantitative estimate of drug-likeness (QED) is 0.697. The molecule has 0 aliphatic rings. The Morgan fingerprint density at radius 2 is 1.84 bits per heavy atom. The summed E-state index contributed by atoms with van der Waals surface area (Å²) in [6.45, 7) is 0.585. The summed E-state index contributed by atoms with van der Waals surface area (Å²) < 4.78 is 1.82. The molecule has 3 aromatic rings. The number of rotatable bonds is 7. The van der Waals surface area contributed by atoms with E-state index in [2.05, 4.69) is 10.4 Å². The lowest BCUT2D eigenvalue weighted by Crippen LogP contribution is -2.31. The Morgan fingerprint density at radius 3 is 2.52 bits per heavy atom. The molecule has 3 rings (SSSR count). The molecule has 25 heavy (non-hydrogen) atoms. The van der Waals surface area contributed by atoms with Crippen molar-refractivity contribution in [2.24, 2.45) is 0 Å². The molecule has 1 atom stereocenters. The second kappa shape index (κ2) is 8.15. The number of amides is 1. The predicted octanol–water partition coefficient (Wildman–Crippen LogP) is 3.08. The smallest absolute Gasteiger partial charge is 0.220 e. The first-order chi connectivity index (χ1) is 12.2. The van der Waals surface area contributed by atoms with Crippen molar-refractivity contribution in [2.75, 3.05) is 0 Å². The molecule has 0 spiro atoms. The first-order valence-corrected chi connectivity index (χ1v) is 8.30. The van der Waals surface area contributed by atoms with Crippen molar-refractivity contribution in [1.82, 2.24) is 15.1 Å². The van der Waals surface area contributed by atoms with Crippen molar-refractivity contribution in [1.29, 1.82) is 0 Å². The van der Waals surface area contributed by atoms with Crippen LogP contribution in [-0.2, 0) is 17.8 Å². The monoisotopic (exact) mass is 335 g/mol. The molecule has 2 N–H and O–H groups in total. The van der Waals surface area contributed by atoms with Crippen LogP contribution in [0.3, 0.4) is 0 Å². The van der Waals surface area contributed by atoms with Crippen molar-refractivity contribution < 1.29 is 9.90 Å². The molecular weight excluding hydrogens is 314 g/mol. The van der Waals surface area contributed by atoms with Crippen LogP contribution in [0.4, 0.5) is 0 Å². The fourth-order valence-corrected chi connectivity index (χ4v) is 2.70. The molecule has 1 heterocycles. The first kappa shape index (κ1) is 16.8. The van der Waals surface area contributed by atoms with Gasteiger partial charge in [0.25, 0.3) is 0 Å². The third-order valence-electron chi connectivity index (χ3n) is 4.04. The van der Waals surface area contributed by atoms with Gasteiger partial charge in [-0.25, -0.2) is 0 Å². The summed E-state index contributed by atoms with van der Waals surface area (Å²) in [5, 5.41) is 16.7. The number of nitrogens with zero attached hydrogens (tertiary/aromatic N) is 2. The zero-order valence-corrected chi connectivity index (χ0v) is 13.9. The highest BCUT2D eigenvalue weighted by Gasteiger charge is 2.15. The lowest BCUT2D eigenvalue weighted by Gasteiger charge is -2.19. The summed E-state index contributed by atoms with van der Waals surface area (Å²) in [5.41, 5.74) is 2.08. The summed E-state index contributed by atoms with van der Waals surface area (Å²) in [7, 11) is 0. The number of phenols is 1. The molecule has 5 nitrogen and oxygen atoms in total. The predicted molar refractivity (Wildman–Crippen MR) is 96.0 cm³/mol. The number of aromatic hydroxyl groups is 1. The number of hydrogen-bond acceptors (Lipinski definition) is 3. The van der Waals surface area contributed by atoms with Gasteiger partial charge in [-0.1, -0.05) is 42.5 Å². The molecule has 2 aromatic carbocycles. The zero-order valence-electron chi connectivity index (χ0n) is 13.9. The van der Waals surface area contributed by atoms with E-state index in [1.807, 2.05) is 59.4 Å². The highest BCUT2D eigenvalue weighted by molar-refractivity contribution is 5.76. The summed E-state index contributed by atoms with van der Waals surface area (Å²) in [5.74, 6) is 0.227. The second-order valence-corrected chi connectivity index (χ2v) is 5.93. The molecule has 5 heteroatoms. The van der Waals surface area contributed by atoms with Crippen LogP contribution >= 0.6 is 0 Å². The number of hydrogen-bond donors (Lipinski definition) is 2. The molecular formula is C20H21N3O2. The number of benzene rings is 2. The first-order valence-electron chi connectivity index (χ1n) is 8.30. The van der Waals surface area contributed by atoms with Crippen molar-refractivity contribution >= 4 is 5.91 Å². The third-order valence-corrected chi connectivity index (χ3v) is 4.04. The molecule has 1 amide bonds. The van der Waals surface area contributed by atoms with E-state index < -0.39 is 0 Å². The summed E-state index contributed by atoms with van der Waals surface area (Å²) in [6, 6.07) is 18.6. The molecule has 1 aromatic heterocycles. The van der Waals surface area contributed by atoms with E-state index in [1.165, 1.54) is 0 Å². The van der Waals surface area contributed by atoms with Gasteiger partial charge in [0.1, 0.15) is 5.75 Å². The van der Waals surface area contributed by atoms with E-state index in [0.29, 0.717) is 19.4 Å². The van der Waals surface area contributed by atoms with Gasteiger partial charge in [-0.2, -0.15) is 5.10 Å². The van der Waals surface area contributed by atoms with Gasteiger partial charge in [-0.05, 0) is 35.7 Å². The van der Waals surface area contributed by atoms with Crippen molar-refractivity contribution in [3.63, 3.8) is 0 Å². The summed E-state index contributed by atoms with van der Waals surface area (Å²) in [6.07, 6.45) is 4.65. The van der Waals surface area contributed by atoms with Crippen molar-refractivity contribution in [3.8, 4) is 5.75 Å². The van der Waals surface area contributed by atoms with Crippen LogP contribution in [0.15, 0.2) is 73.1 Å². The maximum atomic E-state index is 12.4. The minimum Gasteiger partial charge on any atom is -0.508 e. The van der Waals surface area contributed by atoms with Gasteiger partial charge in [0.2, 0.25) is 5.91 Å². The highest BCUT2D eigenvalue weighted by atomic mass is 16.3. The van der Waals surface area contributed by atoms with E-state index in [0.717, 1.165) is 11.1 Å². The topological polar surface area (TPSA) is 67.2 Å². The molecule has 0 fully saturated rings. The molecule has 0 radical (unpaired) electrons. The number of nitrogens with one attached hydrogen (secondary N) is 1. The van der Waals surface area contributed by atoms with Crippen LogP contribution in [0.5, 0.6) is 5.75 Å². The third kappa shape index (κ3) is 4.94. The van der Waals surface area contributed by atoms with E-state index in [9.17, 15) is 9.90 Å². The molecule has 1 unspecified atom stereocenters. The molecule has 0 saturated carbocycles. The van der Waals surface area contributed by atoms with Crippen LogP contribution in [0, 0.1) is 0 Å². The lowest BCUT2D eigenvalue weighted by atomic mass is 10.1.